The van der Waals surface area contributed by atoms with E-state index in [0.29, 0.717) is 35.2 Å². The topological polar surface area (TPSA) is 131 Å². The molecule has 11 heteroatoms. The fourth-order valence-electron chi connectivity index (χ4n) is 4.46. The maximum Gasteiger partial charge on any atom is 0.333 e. The molecule has 196 valence electrons. The van der Waals surface area contributed by atoms with Crippen LogP contribution in [0, 0.1) is 11.7 Å². The summed E-state index contributed by atoms with van der Waals surface area (Å²) in [5, 5.41) is 5.44. The minimum Gasteiger partial charge on any atom is -0.336 e. The van der Waals surface area contributed by atoms with Gasteiger partial charge in [0.25, 0.3) is 5.56 Å². The first-order chi connectivity index (χ1) is 18.2. The van der Waals surface area contributed by atoms with E-state index in [0.717, 1.165) is 17.4 Å². The van der Waals surface area contributed by atoms with Gasteiger partial charge in [-0.3, -0.25) is 23.5 Å². The van der Waals surface area contributed by atoms with Gasteiger partial charge in [0, 0.05) is 43.8 Å². The third-order valence-corrected chi connectivity index (χ3v) is 6.43. The van der Waals surface area contributed by atoms with Crippen LogP contribution in [0.2, 0.25) is 0 Å². The van der Waals surface area contributed by atoms with E-state index in [2.05, 4.69) is 20.6 Å². The fraction of sp³-hybridized carbons (Fsp3) is 0.296. The predicted octanol–water partition coefficient (Wildman–Crippen LogP) is 2.99. The number of hydrogen-bond donors (Lipinski definition) is 3. The van der Waals surface area contributed by atoms with Crippen LogP contribution in [0.15, 0.2) is 52.1 Å². The molecule has 2 aromatic heterocycles. The van der Waals surface area contributed by atoms with Crippen LogP contribution in [0.1, 0.15) is 43.6 Å². The average Bonchev–Trinajstić information content (AvgIpc) is 3.58. The molecule has 2 amide bonds. The largest absolute Gasteiger partial charge is 0.336 e. The Bertz CT molecular complexity index is 1680. The van der Waals surface area contributed by atoms with Crippen molar-refractivity contribution in [2.75, 3.05) is 10.6 Å². The molecule has 0 saturated heterocycles. The molecular weight excluding hydrogens is 491 g/mol. The van der Waals surface area contributed by atoms with Crippen molar-refractivity contribution in [2.45, 2.75) is 46.2 Å². The third-order valence-electron chi connectivity index (χ3n) is 6.43. The normalized spacial score (nSPS) is 13.0. The number of anilines is 2. The molecule has 1 fully saturated rings. The molecule has 1 aliphatic rings. The summed E-state index contributed by atoms with van der Waals surface area (Å²) in [4.78, 5) is 57.8. The van der Waals surface area contributed by atoms with Gasteiger partial charge in [-0.1, -0.05) is 24.3 Å². The third kappa shape index (κ3) is 5.26. The average molecular weight is 519 g/mol. The van der Waals surface area contributed by atoms with Crippen molar-refractivity contribution in [3.8, 4) is 0 Å². The van der Waals surface area contributed by atoms with Crippen molar-refractivity contribution < 1.29 is 14.0 Å². The Morgan fingerprint density at radius 2 is 1.76 bits per heavy atom. The van der Waals surface area contributed by atoms with E-state index in [4.69, 9.17) is 0 Å². The maximum absolute atomic E-state index is 14.3. The van der Waals surface area contributed by atoms with E-state index in [1.54, 1.807) is 36.4 Å². The molecule has 2 heterocycles. The van der Waals surface area contributed by atoms with Crippen molar-refractivity contribution in [3.05, 3.63) is 86.1 Å². The minimum absolute atomic E-state index is 0.160. The maximum atomic E-state index is 14.3. The molecule has 10 nitrogen and oxygen atoms in total. The SMILES string of the molecule is CC(=O)Nc1ccc(Cc2nc3c([nH]2)c(=O)n(Cc2ccccc2F)c(=O)n3CC2CC2)c(NC(C)=O)c1. The number of carbonyl (C=O) groups excluding carboxylic acids is 2. The number of rotatable bonds is 8. The van der Waals surface area contributed by atoms with Crippen molar-refractivity contribution in [3.63, 3.8) is 0 Å². The standard InChI is InChI=1S/C27H27FN6O4/c1-15(35)29-20-10-9-18(22(12-20)30-16(2)36)11-23-31-24-25(32-23)33(13-17-7-8-17)27(38)34(26(24)37)14-19-5-3-4-6-21(19)28/h3-6,9-10,12,17H,7-8,11,13-14H2,1-2H3,(H,29,35)(H,30,36)(H,31,32). The number of aromatic amines is 1. The molecule has 0 aliphatic heterocycles. The first-order valence-corrected chi connectivity index (χ1v) is 12.3. The summed E-state index contributed by atoms with van der Waals surface area (Å²) < 4.78 is 16.9. The molecule has 0 radical (unpaired) electrons. The molecular formula is C27H27FN6O4. The number of hydrogen-bond acceptors (Lipinski definition) is 5. The van der Waals surface area contributed by atoms with E-state index >= 15 is 0 Å². The van der Waals surface area contributed by atoms with Gasteiger partial charge in [0.2, 0.25) is 11.8 Å². The van der Waals surface area contributed by atoms with Gasteiger partial charge in [-0.15, -0.1) is 0 Å². The van der Waals surface area contributed by atoms with E-state index in [9.17, 15) is 23.6 Å². The second kappa shape index (κ2) is 10.1. The van der Waals surface area contributed by atoms with Crippen LogP contribution in [-0.4, -0.2) is 30.9 Å². The molecule has 0 spiro atoms. The van der Waals surface area contributed by atoms with E-state index in [1.165, 1.54) is 24.5 Å². The lowest BCUT2D eigenvalue weighted by Gasteiger charge is -2.12. The highest BCUT2D eigenvalue weighted by Crippen LogP contribution is 2.31. The van der Waals surface area contributed by atoms with Crippen LogP contribution in [0.5, 0.6) is 0 Å². The lowest BCUT2D eigenvalue weighted by Crippen LogP contribution is -2.40. The van der Waals surface area contributed by atoms with Crippen LogP contribution in [0.25, 0.3) is 11.2 Å². The first-order valence-electron chi connectivity index (χ1n) is 12.3. The highest BCUT2D eigenvalue weighted by molar-refractivity contribution is 5.93. The van der Waals surface area contributed by atoms with Gasteiger partial charge >= 0.3 is 5.69 Å². The van der Waals surface area contributed by atoms with Crippen LogP contribution >= 0.6 is 0 Å². The number of aromatic nitrogens is 4. The summed E-state index contributed by atoms with van der Waals surface area (Å²) in [6, 6.07) is 11.1. The summed E-state index contributed by atoms with van der Waals surface area (Å²) in [5.41, 5.74) is 1.23. The number of fused-ring (bicyclic) bond motifs is 1. The van der Waals surface area contributed by atoms with E-state index in [1.807, 2.05) is 0 Å². The molecule has 0 unspecified atom stereocenters. The second-order valence-corrected chi connectivity index (χ2v) is 9.61. The van der Waals surface area contributed by atoms with Crippen molar-refractivity contribution in [1.29, 1.82) is 0 Å². The van der Waals surface area contributed by atoms with Crippen LogP contribution < -0.4 is 21.9 Å². The number of H-pyrrole nitrogens is 1. The lowest BCUT2D eigenvalue weighted by atomic mass is 10.1. The van der Waals surface area contributed by atoms with Gasteiger partial charge in [0.05, 0.1) is 6.54 Å². The number of amides is 2. The smallest absolute Gasteiger partial charge is 0.333 e. The Kier molecular flexibility index (Phi) is 6.66. The lowest BCUT2D eigenvalue weighted by molar-refractivity contribution is -0.115. The zero-order valence-corrected chi connectivity index (χ0v) is 21.0. The number of nitrogens with zero attached hydrogens (tertiary/aromatic N) is 3. The molecule has 3 N–H and O–H groups in total. The zero-order valence-electron chi connectivity index (χ0n) is 21.0. The number of carbonyl (C=O) groups is 2. The Hall–Kier alpha value is -4.54. The van der Waals surface area contributed by atoms with Gasteiger partial charge in [-0.2, -0.15) is 0 Å². The molecule has 2 aromatic carbocycles. The summed E-state index contributed by atoms with van der Waals surface area (Å²) in [5.74, 6) is -0.285. The number of imidazole rings is 1. The van der Waals surface area contributed by atoms with Crippen LogP contribution in [0.3, 0.4) is 0 Å². The fourth-order valence-corrected chi connectivity index (χ4v) is 4.46. The van der Waals surface area contributed by atoms with E-state index in [-0.39, 0.29) is 41.5 Å². The molecule has 38 heavy (non-hydrogen) atoms. The Morgan fingerprint density at radius 3 is 2.45 bits per heavy atom. The van der Waals surface area contributed by atoms with Gasteiger partial charge in [-0.05, 0) is 42.5 Å². The molecule has 1 saturated carbocycles. The molecule has 4 aromatic rings. The Labute approximate surface area is 216 Å². The summed E-state index contributed by atoms with van der Waals surface area (Å²) in [7, 11) is 0. The van der Waals surface area contributed by atoms with Gasteiger partial charge in [0.1, 0.15) is 17.2 Å². The van der Waals surface area contributed by atoms with Gasteiger partial charge < -0.3 is 15.6 Å². The molecule has 5 rings (SSSR count). The summed E-state index contributed by atoms with van der Waals surface area (Å²) in [6.07, 6.45) is 2.19. The van der Waals surface area contributed by atoms with Gasteiger partial charge in [0.15, 0.2) is 5.65 Å². The highest BCUT2D eigenvalue weighted by Gasteiger charge is 2.26. The zero-order chi connectivity index (χ0) is 27.0. The number of nitrogens with one attached hydrogen (secondary N) is 3. The van der Waals surface area contributed by atoms with Gasteiger partial charge in [-0.25, -0.2) is 14.2 Å². The summed E-state index contributed by atoms with van der Waals surface area (Å²) >= 11 is 0. The van der Waals surface area contributed by atoms with Crippen LogP contribution in [0.4, 0.5) is 15.8 Å². The Balaban J connectivity index is 1.58. The minimum atomic E-state index is -0.581. The quantitative estimate of drug-likeness (QED) is 0.330. The summed E-state index contributed by atoms with van der Waals surface area (Å²) in [6.45, 7) is 2.99. The molecule has 1 aliphatic carbocycles. The van der Waals surface area contributed by atoms with Crippen molar-refractivity contribution in [2.24, 2.45) is 5.92 Å². The van der Waals surface area contributed by atoms with E-state index < -0.39 is 17.1 Å². The predicted molar refractivity (Wildman–Crippen MR) is 141 cm³/mol. The van der Waals surface area contributed by atoms with Crippen molar-refractivity contribution in [1.82, 2.24) is 19.1 Å². The monoisotopic (exact) mass is 518 g/mol. The first kappa shape index (κ1) is 25.1. The van der Waals surface area contributed by atoms with Crippen LogP contribution in [-0.2, 0) is 29.1 Å². The Morgan fingerprint density at radius 1 is 1.03 bits per heavy atom. The number of benzene rings is 2. The molecule has 0 atom stereocenters. The highest BCUT2D eigenvalue weighted by atomic mass is 19.1. The molecule has 0 bridgehead atoms. The second-order valence-electron chi connectivity index (χ2n) is 9.61. The van der Waals surface area contributed by atoms with Crippen molar-refractivity contribution >= 4 is 34.4 Å². The number of halogens is 1.